The van der Waals surface area contributed by atoms with Gasteiger partial charge in [0.25, 0.3) is 5.91 Å². The third-order valence-electron chi connectivity index (χ3n) is 4.14. The lowest BCUT2D eigenvalue weighted by atomic mass is 10.1. The topological polar surface area (TPSA) is 85.3 Å². The second-order valence-electron chi connectivity index (χ2n) is 6.15. The van der Waals surface area contributed by atoms with Crippen LogP contribution in [-0.2, 0) is 11.3 Å². The molecule has 0 saturated carbocycles. The number of benzene rings is 2. The maximum atomic E-state index is 12.4. The van der Waals surface area contributed by atoms with Crippen LogP contribution in [0.15, 0.2) is 67.0 Å². The van der Waals surface area contributed by atoms with Crippen molar-refractivity contribution in [2.45, 2.75) is 19.4 Å². The normalized spacial score (nSPS) is 10.3. The summed E-state index contributed by atoms with van der Waals surface area (Å²) in [6.45, 7) is 0.697. The molecule has 2 N–H and O–H groups in total. The van der Waals surface area contributed by atoms with Crippen molar-refractivity contribution in [2.75, 3.05) is 17.7 Å². The number of ether oxygens (including phenoxy) is 1. The fourth-order valence-electron chi connectivity index (χ4n) is 2.71. The lowest BCUT2D eigenvalue weighted by Crippen LogP contribution is -2.14. The van der Waals surface area contributed by atoms with Crippen LogP contribution in [0.25, 0.3) is 0 Å². The summed E-state index contributed by atoms with van der Waals surface area (Å²) in [6.07, 6.45) is 4.68. The Morgan fingerprint density at radius 3 is 2.54 bits per heavy atom. The smallest absolute Gasteiger partial charge is 0.255 e. The minimum absolute atomic E-state index is 0.0709. The number of para-hydroxylation sites is 2. The standard InChI is InChI=1S/C21H22N4O3/c1-28-19-7-3-2-6-18(19)24-21(27)16-9-11-17(12-10-16)23-20(26)8-4-14-25-15-5-13-22-25/h2-3,5-7,9-13,15H,4,8,14H2,1H3,(H,23,26)(H,24,27). The third kappa shape index (κ3) is 5.20. The molecule has 0 aliphatic heterocycles. The minimum Gasteiger partial charge on any atom is -0.495 e. The summed E-state index contributed by atoms with van der Waals surface area (Å²) in [4.78, 5) is 24.4. The predicted molar refractivity (Wildman–Crippen MR) is 107 cm³/mol. The number of rotatable bonds is 8. The molecule has 0 unspecified atom stereocenters. The molecular weight excluding hydrogens is 356 g/mol. The molecular formula is C21H22N4O3. The average Bonchev–Trinajstić information content (AvgIpc) is 3.22. The monoisotopic (exact) mass is 378 g/mol. The molecule has 7 nitrogen and oxygen atoms in total. The molecule has 7 heteroatoms. The van der Waals surface area contributed by atoms with E-state index in [2.05, 4.69) is 15.7 Å². The van der Waals surface area contributed by atoms with Crippen molar-refractivity contribution in [2.24, 2.45) is 0 Å². The number of aromatic nitrogens is 2. The molecule has 144 valence electrons. The molecule has 2 aromatic carbocycles. The van der Waals surface area contributed by atoms with E-state index in [1.165, 1.54) is 0 Å². The summed E-state index contributed by atoms with van der Waals surface area (Å²) in [7, 11) is 1.55. The summed E-state index contributed by atoms with van der Waals surface area (Å²) in [6, 6.07) is 15.8. The minimum atomic E-state index is -0.249. The fraction of sp³-hybridized carbons (Fsp3) is 0.190. The van der Waals surface area contributed by atoms with Crippen molar-refractivity contribution >= 4 is 23.2 Å². The van der Waals surface area contributed by atoms with Gasteiger partial charge in [0.1, 0.15) is 5.75 Å². The lowest BCUT2D eigenvalue weighted by Gasteiger charge is -2.10. The summed E-state index contributed by atoms with van der Waals surface area (Å²) in [5.74, 6) is 0.273. The van der Waals surface area contributed by atoms with Crippen LogP contribution in [0.4, 0.5) is 11.4 Å². The Bertz CT molecular complexity index is 921. The van der Waals surface area contributed by atoms with E-state index in [9.17, 15) is 9.59 Å². The highest BCUT2D eigenvalue weighted by Gasteiger charge is 2.10. The Morgan fingerprint density at radius 1 is 1.04 bits per heavy atom. The number of hydrogen-bond donors (Lipinski definition) is 2. The quantitative estimate of drug-likeness (QED) is 0.628. The maximum absolute atomic E-state index is 12.4. The van der Waals surface area contributed by atoms with Gasteiger partial charge in [-0.25, -0.2) is 0 Å². The van der Waals surface area contributed by atoms with Crippen LogP contribution in [0.5, 0.6) is 5.75 Å². The van der Waals surface area contributed by atoms with Gasteiger partial charge in [0.15, 0.2) is 0 Å². The second kappa shape index (κ2) is 9.36. The van der Waals surface area contributed by atoms with Gasteiger partial charge in [0.2, 0.25) is 5.91 Å². The Hall–Kier alpha value is -3.61. The molecule has 0 atom stereocenters. The Labute approximate surface area is 163 Å². The number of hydrogen-bond acceptors (Lipinski definition) is 4. The first-order valence-corrected chi connectivity index (χ1v) is 8.97. The van der Waals surface area contributed by atoms with E-state index in [1.54, 1.807) is 54.4 Å². The van der Waals surface area contributed by atoms with Crippen LogP contribution in [-0.4, -0.2) is 28.7 Å². The molecule has 0 aliphatic rings. The Kier molecular flexibility index (Phi) is 6.41. The molecule has 2 amide bonds. The van der Waals surface area contributed by atoms with Gasteiger partial charge in [0.05, 0.1) is 12.8 Å². The van der Waals surface area contributed by atoms with Crippen molar-refractivity contribution in [3.63, 3.8) is 0 Å². The second-order valence-corrected chi connectivity index (χ2v) is 6.15. The largest absolute Gasteiger partial charge is 0.495 e. The van der Waals surface area contributed by atoms with Crippen molar-refractivity contribution < 1.29 is 14.3 Å². The molecule has 0 aliphatic carbocycles. The van der Waals surface area contributed by atoms with E-state index >= 15 is 0 Å². The summed E-state index contributed by atoms with van der Waals surface area (Å²) in [5.41, 5.74) is 1.74. The summed E-state index contributed by atoms with van der Waals surface area (Å²) in [5, 5.41) is 9.76. The molecule has 0 bridgehead atoms. The van der Waals surface area contributed by atoms with E-state index in [0.717, 1.165) is 0 Å². The van der Waals surface area contributed by atoms with Gasteiger partial charge in [-0.05, 0) is 48.9 Å². The number of methoxy groups -OCH3 is 1. The number of carbonyl (C=O) groups is 2. The van der Waals surface area contributed by atoms with E-state index in [0.29, 0.717) is 42.1 Å². The van der Waals surface area contributed by atoms with Crippen LogP contribution in [0.3, 0.4) is 0 Å². The van der Waals surface area contributed by atoms with Gasteiger partial charge >= 0.3 is 0 Å². The Morgan fingerprint density at radius 2 is 1.82 bits per heavy atom. The van der Waals surface area contributed by atoms with Crippen LogP contribution >= 0.6 is 0 Å². The lowest BCUT2D eigenvalue weighted by molar-refractivity contribution is -0.116. The molecule has 0 saturated heterocycles. The van der Waals surface area contributed by atoms with Crippen LogP contribution in [0.1, 0.15) is 23.2 Å². The van der Waals surface area contributed by atoms with E-state index in [4.69, 9.17) is 4.74 Å². The van der Waals surface area contributed by atoms with Crippen LogP contribution < -0.4 is 15.4 Å². The number of nitrogens with one attached hydrogen (secondary N) is 2. The van der Waals surface area contributed by atoms with Gasteiger partial charge in [0, 0.05) is 36.6 Å². The summed E-state index contributed by atoms with van der Waals surface area (Å²) < 4.78 is 7.03. The maximum Gasteiger partial charge on any atom is 0.255 e. The molecule has 1 aromatic heterocycles. The molecule has 0 radical (unpaired) electrons. The Balaban J connectivity index is 1.51. The third-order valence-corrected chi connectivity index (χ3v) is 4.14. The highest BCUT2D eigenvalue weighted by molar-refractivity contribution is 6.05. The van der Waals surface area contributed by atoms with Crippen molar-refractivity contribution in [1.82, 2.24) is 9.78 Å². The first kappa shape index (κ1) is 19.2. The van der Waals surface area contributed by atoms with Crippen LogP contribution in [0.2, 0.25) is 0 Å². The molecule has 28 heavy (non-hydrogen) atoms. The SMILES string of the molecule is COc1ccccc1NC(=O)c1ccc(NC(=O)CCCn2cccn2)cc1. The number of anilines is 2. The zero-order chi connectivity index (χ0) is 19.8. The van der Waals surface area contributed by atoms with Gasteiger partial charge in [-0.15, -0.1) is 0 Å². The van der Waals surface area contributed by atoms with Crippen molar-refractivity contribution in [3.05, 3.63) is 72.6 Å². The highest BCUT2D eigenvalue weighted by atomic mass is 16.5. The van der Waals surface area contributed by atoms with Crippen LogP contribution in [0, 0.1) is 0 Å². The number of aryl methyl sites for hydroxylation is 1. The zero-order valence-corrected chi connectivity index (χ0v) is 15.6. The number of nitrogens with zero attached hydrogens (tertiary/aromatic N) is 2. The molecule has 3 rings (SSSR count). The fourth-order valence-corrected chi connectivity index (χ4v) is 2.71. The van der Waals surface area contributed by atoms with Crippen molar-refractivity contribution in [1.29, 1.82) is 0 Å². The number of amides is 2. The predicted octanol–water partition coefficient (Wildman–Crippen LogP) is 3.56. The van der Waals surface area contributed by atoms with Gasteiger partial charge in [-0.2, -0.15) is 5.10 Å². The first-order chi connectivity index (χ1) is 13.7. The van der Waals surface area contributed by atoms with Crippen molar-refractivity contribution in [3.8, 4) is 5.75 Å². The van der Waals surface area contributed by atoms with Gasteiger partial charge in [-0.3, -0.25) is 14.3 Å². The number of carbonyl (C=O) groups excluding carboxylic acids is 2. The highest BCUT2D eigenvalue weighted by Crippen LogP contribution is 2.23. The molecule has 0 spiro atoms. The molecule has 1 heterocycles. The van der Waals surface area contributed by atoms with E-state index < -0.39 is 0 Å². The molecule has 3 aromatic rings. The average molecular weight is 378 g/mol. The van der Waals surface area contributed by atoms with E-state index in [-0.39, 0.29) is 11.8 Å². The van der Waals surface area contributed by atoms with Gasteiger partial charge < -0.3 is 15.4 Å². The molecule has 0 fully saturated rings. The van der Waals surface area contributed by atoms with E-state index in [1.807, 2.05) is 24.4 Å². The summed E-state index contributed by atoms with van der Waals surface area (Å²) >= 11 is 0. The first-order valence-electron chi connectivity index (χ1n) is 8.97. The zero-order valence-electron chi connectivity index (χ0n) is 15.6. The van der Waals surface area contributed by atoms with Gasteiger partial charge in [-0.1, -0.05) is 12.1 Å².